The quantitative estimate of drug-likeness (QED) is 0.413. The van der Waals surface area contributed by atoms with Crippen LogP contribution in [-0.2, 0) is 22.6 Å². The van der Waals surface area contributed by atoms with E-state index in [-0.39, 0.29) is 23.3 Å². The van der Waals surface area contributed by atoms with Gasteiger partial charge < -0.3 is 19.2 Å². The maximum atomic E-state index is 13.4. The lowest BCUT2D eigenvalue weighted by Crippen LogP contribution is -2.41. The molecule has 4 aromatic rings. The fourth-order valence-electron chi connectivity index (χ4n) is 6.29. The Morgan fingerprint density at radius 1 is 1.15 bits per heavy atom. The first-order valence-electron chi connectivity index (χ1n) is 13.8. The van der Waals surface area contributed by atoms with Crippen LogP contribution >= 0.6 is 11.5 Å². The third-order valence-electron chi connectivity index (χ3n) is 8.23. The minimum absolute atomic E-state index is 0.0433. The summed E-state index contributed by atoms with van der Waals surface area (Å²) in [5.74, 6) is 0.641. The maximum Gasteiger partial charge on any atom is 0.275 e. The number of aromatic nitrogens is 3. The molecule has 2 saturated heterocycles. The Kier molecular flexibility index (Phi) is 6.50. The second-order valence-electron chi connectivity index (χ2n) is 10.9. The van der Waals surface area contributed by atoms with Crippen molar-refractivity contribution in [1.29, 1.82) is 0 Å². The second-order valence-corrected chi connectivity index (χ2v) is 11.9. The average molecular weight is 549 g/mol. The highest BCUT2D eigenvalue weighted by Crippen LogP contribution is 2.33. The highest BCUT2D eigenvalue weighted by atomic mass is 32.1. The molecule has 9 nitrogen and oxygen atoms in total. The molecule has 2 fully saturated rings. The van der Waals surface area contributed by atoms with E-state index in [4.69, 9.17) is 19.2 Å². The van der Waals surface area contributed by atoms with E-state index in [1.54, 1.807) is 11.1 Å². The molecule has 5 heterocycles. The summed E-state index contributed by atoms with van der Waals surface area (Å²) in [6.45, 7) is 3.35. The van der Waals surface area contributed by atoms with Gasteiger partial charge in [-0.3, -0.25) is 18.4 Å². The molecule has 10 heteroatoms. The van der Waals surface area contributed by atoms with Gasteiger partial charge in [-0.2, -0.15) is 0 Å². The number of likely N-dealkylation sites (tertiary alicyclic amines) is 1. The molecule has 0 aliphatic carbocycles. The summed E-state index contributed by atoms with van der Waals surface area (Å²) >= 11 is 1.38. The van der Waals surface area contributed by atoms with Crippen molar-refractivity contribution < 1.29 is 14.2 Å². The Hall–Kier alpha value is -3.05. The van der Waals surface area contributed by atoms with Crippen LogP contribution in [0.5, 0.6) is 5.75 Å². The predicted octanol–water partition coefficient (Wildman–Crippen LogP) is 3.91. The molecule has 7 rings (SSSR count). The van der Waals surface area contributed by atoms with Crippen LogP contribution in [0.25, 0.3) is 32.4 Å². The first kappa shape index (κ1) is 25.0. The van der Waals surface area contributed by atoms with E-state index in [0.717, 1.165) is 42.6 Å². The lowest BCUT2D eigenvalue weighted by Gasteiger charge is -2.35. The van der Waals surface area contributed by atoms with Gasteiger partial charge in [0.25, 0.3) is 11.1 Å². The van der Waals surface area contributed by atoms with Crippen molar-refractivity contribution in [3.8, 4) is 17.0 Å². The van der Waals surface area contributed by atoms with Crippen LogP contribution in [0, 0.1) is 0 Å². The van der Waals surface area contributed by atoms with Crippen LogP contribution < -0.4 is 15.9 Å². The lowest BCUT2D eigenvalue weighted by molar-refractivity contribution is 0.0119. The number of nitrogens with one attached hydrogen (secondary N) is 1. The molecular formula is C29H32N4O5S. The molecule has 39 heavy (non-hydrogen) atoms. The van der Waals surface area contributed by atoms with Gasteiger partial charge in [-0.25, -0.2) is 4.98 Å². The summed E-state index contributed by atoms with van der Waals surface area (Å²) in [7, 11) is 1.76. The van der Waals surface area contributed by atoms with Gasteiger partial charge in [-0.05, 0) is 56.0 Å². The SMILES string of the molecule is COC[C@H]1CCCCN1Cc1cc2c3nc(c(=O)[nH]c3c1)-c1cccc3c(=O)n(sc13)C[C@@H]1CC[C@H](CO2)O1. The van der Waals surface area contributed by atoms with Crippen LogP contribution in [0.2, 0.25) is 0 Å². The van der Waals surface area contributed by atoms with Crippen molar-refractivity contribution in [2.45, 2.75) is 63.4 Å². The van der Waals surface area contributed by atoms with Crippen molar-refractivity contribution in [1.82, 2.24) is 18.8 Å². The zero-order chi connectivity index (χ0) is 26.5. The Morgan fingerprint density at radius 3 is 2.95 bits per heavy atom. The summed E-state index contributed by atoms with van der Waals surface area (Å²) in [5.41, 5.74) is 2.94. The average Bonchev–Trinajstić information content (AvgIpc) is 3.51. The normalized spacial score (nSPS) is 23.5. The minimum Gasteiger partial charge on any atom is -0.489 e. The van der Waals surface area contributed by atoms with Gasteiger partial charge in [0, 0.05) is 25.3 Å². The number of methoxy groups -OCH3 is 1. The van der Waals surface area contributed by atoms with Crippen LogP contribution in [0.15, 0.2) is 39.9 Å². The van der Waals surface area contributed by atoms with E-state index in [1.165, 1.54) is 24.4 Å². The summed E-state index contributed by atoms with van der Waals surface area (Å²) in [6.07, 6.45) is 5.13. The number of hydrogen-bond acceptors (Lipinski definition) is 8. The third kappa shape index (κ3) is 4.59. The van der Waals surface area contributed by atoms with Gasteiger partial charge in [0.05, 0.1) is 41.0 Å². The number of hydrogen-bond donors (Lipinski definition) is 1. The van der Waals surface area contributed by atoms with Crippen molar-refractivity contribution >= 4 is 32.7 Å². The highest BCUT2D eigenvalue weighted by Gasteiger charge is 2.29. The van der Waals surface area contributed by atoms with E-state index in [1.807, 2.05) is 24.3 Å². The fraction of sp³-hybridized carbons (Fsp3) is 0.483. The molecule has 0 saturated carbocycles. The van der Waals surface area contributed by atoms with Crippen LogP contribution in [0.3, 0.4) is 0 Å². The summed E-state index contributed by atoms with van der Waals surface area (Å²) in [6, 6.07) is 9.94. The molecule has 3 aliphatic rings. The standard InChI is InChI=1S/C29H32N4O5S/c1-36-15-18-5-2-3-10-32(18)13-17-11-23-26-24(12-17)37-16-20-9-8-19(38-20)14-33-29(35)22-7-4-6-21(27(22)39-33)25(31-26)28(34)30-23/h4,6-7,11-12,18-20H,2-3,5,8-10,13-16H2,1H3,(H,30,34)/t18-,19+,20-/m1/s1. The Morgan fingerprint density at radius 2 is 2.05 bits per heavy atom. The van der Waals surface area contributed by atoms with Crippen molar-refractivity contribution in [2.75, 3.05) is 26.9 Å². The first-order chi connectivity index (χ1) is 19.1. The number of H-pyrrole nitrogens is 1. The van der Waals surface area contributed by atoms with E-state index in [2.05, 4.69) is 16.0 Å². The molecule has 2 aromatic carbocycles. The number of rotatable bonds is 4. The van der Waals surface area contributed by atoms with Gasteiger partial charge in [0.1, 0.15) is 23.6 Å². The van der Waals surface area contributed by atoms with Crippen LogP contribution in [0.4, 0.5) is 0 Å². The molecule has 2 aromatic heterocycles. The molecule has 3 atom stereocenters. The summed E-state index contributed by atoms with van der Waals surface area (Å²) in [4.78, 5) is 37.1. The Balaban J connectivity index is 1.37. The smallest absolute Gasteiger partial charge is 0.275 e. The highest BCUT2D eigenvalue weighted by molar-refractivity contribution is 7.14. The number of ether oxygens (including phenoxy) is 3. The zero-order valence-electron chi connectivity index (χ0n) is 22.0. The summed E-state index contributed by atoms with van der Waals surface area (Å²) < 4.78 is 20.7. The molecular weight excluding hydrogens is 516 g/mol. The number of benzene rings is 2. The lowest BCUT2D eigenvalue weighted by atomic mass is 10.0. The zero-order valence-corrected chi connectivity index (χ0v) is 22.8. The van der Waals surface area contributed by atoms with Crippen LogP contribution in [0.1, 0.15) is 37.7 Å². The summed E-state index contributed by atoms with van der Waals surface area (Å²) in [5, 5.41) is 0.599. The van der Waals surface area contributed by atoms with Gasteiger partial charge in [-0.15, -0.1) is 0 Å². The Labute approximate surface area is 229 Å². The van der Waals surface area contributed by atoms with Gasteiger partial charge >= 0.3 is 0 Å². The van der Waals surface area contributed by atoms with E-state index in [0.29, 0.717) is 59.2 Å². The van der Waals surface area contributed by atoms with E-state index in [9.17, 15) is 9.59 Å². The number of piperidine rings is 1. The van der Waals surface area contributed by atoms with Crippen molar-refractivity contribution in [2.24, 2.45) is 0 Å². The predicted molar refractivity (Wildman–Crippen MR) is 151 cm³/mol. The molecule has 3 aliphatic heterocycles. The van der Waals surface area contributed by atoms with Gasteiger partial charge in [0.15, 0.2) is 0 Å². The molecule has 0 radical (unpaired) electrons. The maximum absolute atomic E-state index is 13.4. The number of nitrogens with zero attached hydrogens (tertiary/aromatic N) is 3. The molecule has 0 spiro atoms. The Bertz CT molecular complexity index is 1660. The number of aromatic amines is 1. The molecule has 6 bridgehead atoms. The molecule has 0 unspecified atom stereocenters. The van der Waals surface area contributed by atoms with Crippen molar-refractivity contribution in [3.63, 3.8) is 0 Å². The molecule has 204 valence electrons. The second kappa shape index (κ2) is 10.2. The number of fused-ring (bicyclic) bond motifs is 5. The largest absolute Gasteiger partial charge is 0.489 e. The van der Waals surface area contributed by atoms with E-state index < -0.39 is 0 Å². The first-order valence-corrected chi connectivity index (χ1v) is 14.6. The van der Waals surface area contributed by atoms with Crippen molar-refractivity contribution in [3.05, 3.63) is 56.6 Å². The fourth-order valence-corrected chi connectivity index (χ4v) is 7.45. The van der Waals surface area contributed by atoms with Gasteiger partial charge in [-0.1, -0.05) is 30.1 Å². The van der Waals surface area contributed by atoms with Gasteiger partial charge in [0.2, 0.25) is 0 Å². The van der Waals surface area contributed by atoms with E-state index >= 15 is 0 Å². The molecule has 1 N–H and O–H groups in total. The monoisotopic (exact) mass is 548 g/mol. The molecule has 0 amide bonds. The third-order valence-corrected chi connectivity index (χ3v) is 9.39. The topological polar surface area (TPSA) is 98.7 Å². The minimum atomic E-state index is -0.281. The van der Waals surface area contributed by atoms with Crippen LogP contribution in [-0.4, -0.2) is 63.9 Å².